The van der Waals surface area contributed by atoms with E-state index in [4.69, 9.17) is 11.6 Å². The maximum Gasteiger partial charge on any atom is 0.200 e. The zero-order valence-corrected chi connectivity index (χ0v) is 19.6. The lowest BCUT2D eigenvalue weighted by molar-refractivity contribution is 0.443. The van der Waals surface area contributed by atoms with Crippen LogP contribution in [0.15, 0.2) is 70.8 Å². The summed E-state index contributed by atoms with van der Waals surface area (Å²) in [5, 5.41) is 17.5. The maximum absolute atomic E-state index is 9.61. The summed E-state index contributed by atoms with van der Waals surface area (Å²) >= 11 is 1.48. The Kier molecular flexibility index (Phi) is 6.18. The van der Waals surface area contributed by atoms with Gasteiger partial charge in [0.05, 0.1) is 23.8 Å². The lowest BCUT2D eigenvalue weighted by atomic mass is 10.1. The normalized spacial score (nSPS) is 15.6. The number of nitriles is 1. The van der Waals surface area contributed by atoms with Crippen LogP contribution in [0.2, 0.25) is 0 Å². The van der Waals surface area contributed by atoms with Gasteiger partial charge in [-0.1, -0.05) is 36.0 Å². The molecule has 7 nitrogen and oxygen atoms in total. The molecule has 0 saturated carbocycles. The second kappa shape index (κ2) is 9.56. The highest BCUT2D eigenvalue weighted by Gasteiger charge is 2.19. The van der Waals surface area contributed by atoms with Crippen molar-refractivity contribution < 1.29 is 0 Å². The Labute approximate surface area is 202 Å². The lowest BCUT2D eigenvalue weighted by Gasteiger charge is -2.32. The standard InChI is InChI=1S/C26H23N7S/c1-28-22-7-3-4-8-23(22)34-24-12-19(17-33-26(24)20(13-27)15-31-33)18-9-10-25(30-14-18)32(2)21-6-5-11-29-16-21/h3-4,7-10,12,14-15,17,21,29H,5-6,11,16H2,2H3. The van der Waals surface area contributed by atoms with Gasteiger partial charge in [-0.05, 0) is 37.6 Å². The van der Waals surface area contributed by atoms with Gasteiger partial charge in [0.25, 0.3) is 0 Å². The van der Waals surface area contributed by atoms with Gasteiger partial charge >= 0.3 is 0 Å². The third-order valence-corrected chi connectivity index (χ3v) is 7.26. The number of nitrogens with one attached hydrogen (secondary N) is 1. The molecule has 0 radical (unpaired) electrons. The Bertz CT molecular complexity index is 1410. The summed E-state index contributed by atoms with van der Waals surface area (Å²) < 4.78 is 1.74. The number of likely N-dealkylation sites (N-methyl/N-ethyl adjacent to an activating group) is 1. The zero-order chi connectivity index (χ0) is 23.5. The molecule has 0 aliphatic carbocycles. The quantitative estimate of drug-likeness (QED) is 0.411. The number of fused-ring (bicyclic) bond motifs is 1. The number of aromatic nitrogens is 3. The van der Waals surface area contributed by atoms with Gasteiger partial charge in [-0.3, -0.25) is 0 Å². The molecule has 1 aromatic carbocycles. The molecule has 4 heterocycles. The summed E-state index contributed by atoms with van der Waals surface area (Å²) in [6.07, 6.45) is 7.74. The second-order valence-electron chi connectivity index (χ2n) is 8.25. The second-order valence-corrected chi connectivity index (χ2v) is 9.34. The van der Waals surface area contributed by atoms with E-state index in [2.05, 4.69) is 51.5 Å². The number of rotatable bonds is 5. The van der Waals surface area contributed by atoms with E-state index in [9.17, 15) is 5.26 Å². The first kappa shape index (κ1) is 22.0. The third-order valence-electron chi connectivity index (χ3n) is 6.16. The number of nitrogens with zero attached hydrogens (tertiary/aromatic N) is 6. The minimum atomic E-state index is 0.447. The number of piperidine rings is 1. The number of pyridine rings is 2. The van der Waals surface area contributed by atoms with Crippen molar-refractivity contribution in [3.63, 3.8) is 0 Å². The first-order valence-corrected chi connectivity index (χ1v) is 12.0. The number of benzene rings is 1. The van der Waals surface area contributed by atoms with Crippen molar-refractivity contribution in [3.05, 3.63) is 78.0 Å². The first-order valence-electron chi connectivity index (χ1n) is 11.1. The molecule has 0 bridgehead atoms. The van der Waals surface area contributed by atoms with Crippen LogP contribution in [0.4, 0.5) is 11.5 Å². The Hall–Kier alpha value is -3.85. The minimum Gasteiger partial charge on any atom is -0.355 e. The predicted molar refractivity (Wildman–Crippen MR) is 134 cm³/mol. The highest BCUT2D eigenvalue weighted by Crippen LogP contribution is 2.39. The molecule has 1 unspecified atom stereocenters. The van der Waals surface area contributed by atoms with Gasteiger partial charge in [-0.2, -0.15) is 10.4 Å². The molecule has 1 fully saturated rings. The SMILES string of the molecule is [C-]#[N+]c1ccccc1Sc1cc(-c2ccc(N(C)C3CCCNC3)nc2)cn2ncc(C#N)c12. The maximum atomic E-state index is 9.61. The fourth-order valence-electron chi connectivity index (χ4n) is 4.27. The lowest BCUT2D eigenvalue weighted by Crippen LogP contribution is -2.44. The summed E-state index contributed by atoms with van der Waals surface area (Å²) in [4.78, 5) is 12.3. The predicted octanol–water partition coefficient (Wildman–Crippen LogP) is 5.16. The van der Waals surface area contributed by atoms with Crippen LogP contribution in [-0.4, -0.2) is 40.8 Å². The largest absolute Gasteiger partial charge is 0.355 e. The van der Waals surface area contributed by atoms with E-state index in [1.54, 1.807) is 16.8 Å². The van der Waals surface area contributed by atoms with E-state index < -0.39 is 0 Å². The average molecular weight is 466 g/mol. The Balaban J connectivity index is 1.52. The Morgan fingerprint density at radius 3 is 2.82 bits per heavy atom. The molecule has 1 atom stereocenters. The summed E-state index contributed by atoms with van der Waals surface area (Å²) in [5.74, 6) is 0.949. The molecule has 8 heteroatoms. The Morgan fingerprint density at radius 1 is 1.21 bits per heavy atom. The van der Waals surface area contributed by atoms with Crippen molar-refractivity contribution >= 4 is 28.8 Å². The molecule has 1 aliphatic heterocycles. The topological polar surface area (TPSA) is 73.6 Å². The first-order chi connectivity index (χ1) is 16.7. The van der Waals surface area contributed by atoms with Crippen LogP contribution in [0.3, 0.4) is 0 Å². The fraction of sp³-hybridized carbons (Fsp3) is 0.231. The van der Waals surface area contributed by atoms with Gasteiger partial charge in [0.2, 0.25) is 5.69 Å². The smallest absolute Gasteiger partial charge is 0.200 e. The molecule has 34 heavy (non-hydrogen) atoms. The Morgan fingerprint density at radius 2 is 2.09 bits per heavy atom. The van der Waals surface area contributed by atoms with Gasteiger partial charge in [0.1, 0.15) is 11.9 Å². The number of hydrogen-bond acceptors (Lipinski definition) is 6. The van der Waals surface area contributed by atoms with Crippen molar-refractivity contribution in [2.45, 2.75) is 28.7 Å². The van der Waals surface area contributed by atoms with E-state index in [0.29, 0.717) is 17.3 Å². The monoisotopic (exact) mass is 465 g/mol. The van der Waals surface area contributed by atoms with E-state index in [-0.39, 0.29) is 0 Å². The molecule has 3 aromatic heterocycles. The average Bonchev–Trinajstić information content (AvgIpc) is 3.33. The zero-order valence-electron chi connectivity index (χ0n) is 18.8. The number of anilines is 1. The van der Waals surface area contributed by atoms with Gasteiger partial charge in [-0.25, -0.2) is 14.3 Å². The molecule has 0 amide bonds. The highest BCUT2D eigenvalue weighted by atomic mass is 32.2. The summed E-state index contributed by atoms with van der Waals surface area (Å²) in [7, 11) is 2.10. The molecule has 4 aromatic rings. The van der Waals surface area contributed by atoms with Gasteiger partial charge < -0.3 is 10.2 Å². The fourth-order valence-corrected chi connectivity index (χ4v) is 5.36. The van der Waals surface area contributed by atoms with Crippen LogP contribution in [0.1, 0.15) is 18.4 Å². The van der Waals surface area contributed by atoms with E-state index >= 15 is 0 Å². The third kappa shape index (κ3) is 4.22. The van der Waals surface area contributed by atoms with Crippen LogP contribution < -0.4 is 10.2 Å². The molecular formula is C26H23N7S. The van der Waals surface area contributed by atoms with Crippen molar-refractivity contribution in [1.82, 2.24) is 19.9 Å². The van der Waals surface area contributed by atoms with Gasteiger partial charge in [0.15, 0.2) is 0 Å². The summed E-state index contributed by atoms with van der Waals surface area (Å²) in [6, 6.07) is 16.4. The molecule has 1 aliphatic rings. The molecule has 1 saturated heterocycles. The van der Waals surface area contributed by atoms with E-state index in [1.807, 2.05) is 30.6 Å². The number of hydrogen-bond donors (Lipinski definition) is 1. The van der Waals surface area contributed by atoms with Crippen molar-refractivity contribution in [2.24, 2.45) is 0 Å². The molecule has 168 valence electrons. The van der Waals surface area contributed by atoms with Crippen molar-refractivity contribution in [3.8, 4) is 17.2 Å². The van der Waals surface area contributed by atoms with Crippen LogP contribution in [0.5, 0.6) is 0 Å². The van der Waals surface area contributed by atoms with Crippen molar-refractivity contribution in [1.29, 1.82) is 5.26 Å². The van der Waals surface area contributed by atoms with E-state index in [0.717, 1.165) is 51.8 Å². The van der Waals surface area contributed by atoms with Crippen molar-refractivity contribution in [2.75, 3.05) is 25.0 Å². The number of para-hydroxylation sites is 1. The van der Waals surface area contributed by atoms with Crippen LogP contribution in [-0.2, 0) is 0 Å². The minimum absolute atomic E-state index is 0.447. The van der Waals surface area contributed by atoms with Gasteiger partial charge in [-0.15, -0.1) is 0 Å². The summed E-state index contributed by atoms with van der Waals surface area (Å²) in [5.41, 5.74) is 3.75. The highest BCUT2D eigenvalue weighted by molar-refractivity contribution is 7.99. The molecule has 0 spiro atoms. The van der Waals surface area contributed by atoms with Crippen LogP contribution in [0.25, 0.3) is 21.5 Å². The van der Waals surface area contributed by atoms with E-state index in [1.165, 1.54) is 18.2 Å². The summed E-state index contributed by atoms with van der Waals surface area (Å²) in [6.45, 7) is 9.55. The molecule has 1 N–H and O–H groups in total. The molecule has 5 rings (SSSR count). The molecular weight excluding hydrogens is 442 g/mol. The van der Waals surface area contributed by atoms with Crippen LogP contribution in [0, 0.1) is 17.9 Å². The van der Waals surface area contributed by atoms with Gasteiger partial charge in [0, 0.05) is 52.9 Å². The van der Waals surface area contributed by atoms with Crippen LogP contribution >= 0.6 is 11.8 Å².